The molecule has 82 valence electrons. The van der Waals surface area contributed by atoms with Gasteiger partial charge in [0.1, 0.15) is 6.42 Å². The van der Waals surface area contributed by atoms with Gasteiger partial charge in [0, 0.05) is 5.56 Å². The lowest BCUT2D eigenvalue weighted by Crippen LogP contribution is -2.18. The second-order valence-corrected chi connectivity index (χ2v) is 3.57. The van der Waals surface area contributed by atoms with Crippen LogP contribution in [0.2, 0.25) is 0 Å². The number of benzene rings is 1. The van der Waals surface area contributed by atoms with Crippen LogP contribution in [0, 0.1) is 13.8 Å². The molecule has 1 N–H and O–H groups in total. The number of hydrogen-bond donors (Lipinski definition) is 1. The van der Waals surface area contributed by atoms with E-state index in [0.717, 1.165) is 11.1 Å². The molecule has 2 nitrogen and oxygen atoms in total. The molecule has 0 fully saturated rings. The molecule has 1 rings (SSSR count). The van der Waals surface area contributed by atoms with Crippen LogP contribution in [0.1, 0.15) is 23.1 Å². The van der Waals surface area contributed by atoms with Gasteiger partial charge in [0.15, 0.2) is 0 Å². The van der Waals surface area contributed by atoms with E-state index in [9.17, 15) is 13.6 Å². The largest absolute Gasteiger partial charge is 0.481 e. The minimum absolute atomic E-state index is 0.243. The Morgan fingerprint density at radius 1 is 1.33 bits per heavy atom. The van der Waals surface area contributed by atoms with Crippen molar-refractivity contribution in [2.75, 3.05) is 0 Å². The Labute approximate surface area is 86.5 Å². The number of carboxylic acids is 1. The van der Waals surface area contributed by atoms with E-state index >= 15 is 0 Å². The molecule has 1 aromatic rings. The van der Waals surface area contributed by atoms with Crippen LogP contribution in [0.5, 0.6) is 0 Å². The molecule has 15 heavy (non-hydrogen) atoms. The quantitative estimate of drug-likeness (QED) is 0.839. The Morgan fingerprint density at radius 3 is 2.40 bits per heavy atom. The highest BCUT2D eigenvalue weighted by Gasteiger charge is 2.34. The lowest BCUT2D eigenvalue weighted by Gasteiger charge is -2.15. The van der Waals surface area contributed by atoms with Crippen LogP contribution >= 0.6 is 0 Å². The highest BCUT2D eigenvalue weighted by Crippen LogP contribution is 2.32. The van der Waals surface area contributed by atoms with Gasteiger partial charge in [-0.05, 0) is 31.0 Å². The van der Waals surface area contributed by atoms with E-state index in [0.29, 0.717) is 0 Å². The second-order valence-electron chi connectivity index (χ2n) is 3.57. The minimum atomic E-state index is -3.30. The number of aliphatic carboxylic acids is 1. The van der Waals surface area contributed by atoms with Crippen molar-refractivity contribution >= 4 is 5.97 Å². The Bertz CT molecular complexity index is 386. The fourth-order valence-corrected chi connectivity index (χ4v) is 1.26. The van der Waals surface area contributed by atoms with Gasteiger partial charge in [-0.25, -0.2) is 8.78 Å². The fourth-order valence-electron chi connectivity index (χ4n) is 1.26. The van der Waals surface area contributed by atoms with Gasteiger partial charge in [-0.3, -0.25) is 4.79 Å². The first-order valence-corrected chi connectivity index (χ1v) is 4.50. The van der Waals surface area contributed by atoms with Crippen molar-refractivity contribution in [3.8, 4) is 0 Å². The van der Waals surface area contributed by atoms with E-state index in [2.05, 4.69) is 0 Å². The molecular formula is C11H12F2O2. The van der Waals surface area contributed by atoms with E-state index in [-0.39, 0.29) is 5.56 Å². The standard InChI is InChI=1S/C11H12F2O2/c1-7-3-4-9(5-8(7)2)11(12,13)6-10(14)15/h3-5H,6H2,1-2H3,(H,14,15). The minimum Gasteiger partial charge on any atom is -0.481 e. The molecule has 0 unspecified atom stereocenters. The highest BCUT2D eigenvalue weighted by atomic mass is 19.3. The van der Waals surface area contributed by atoms with Crippen LogP contribution in [-0.4, -0.2) is 11.1 Å². The van der Waals surface area contributed by atoms with Crippen molar-refractivity contribution in [2.24, 2.45) is 0 Å². The SMILES string of the molecule is Cc1ccc(C(F)(F)CC(=O)O)cc1C. The Kier molecular flexibility index (Phi) is 3.07. The Hall–Kier alpha value is -1.45. The number of aryl methyl sites for hydroxylation is 2. The fraction of sp³-hybridized carbons (Fsp3) is 0.364. The second kappa shape index (κ2) is 3.96. The van der Waals surface area contributed by atoms with Crippen LogP contribution in [-0.2, 0) is 10.7 Å². The third-order valence-corrected chi connectivity index (χ3v) is 2.30. The van der Waals surface area contributed by atoms with Gasteiger partial charge in [-0.1, -0.05) is 12.1 Å². The van der Waals surface area contributed by atoms with Crippen molar-refractivity contribution in [3.63, 3.8) is 0 Å². The smallest absolute Gasteiger partial charge is 0.309 e. The molecule has 0 spiro atoms. The molecule has 0 amide bonds. The summed E-state index contributed by atoms with van der Waals surface area (Å²) < 4.78 is 26.7. The summed E-state index contributed by atoms with van der Waals surface area (Å²) in [5.74, 6) is -4.80. The Morgan fingerprint density at radius 2 is 1.93 bits per heavy atom. The molecule has 0 aliphatic rings. The third kappa shape index (κ3) is 2.75. The van der Waals surface area contributed by atoms with Crippen molar-refractivity contribution in [1.82, 2.24) is 0 Å². The summed E-state index contributed by atoms with van der Waals surface area (Å²) in [5, 5.41) is 8.35. The molecule has 0 saturated heterocycles. The zero-order chi connectivity index (χ0) is 11.6. The Balaban J connectivity index is 3.04. The van der Waals surface area contributed by atoms with E-state index in [4.69, 9.17) is 5.11 Å². The van der Waals surface area contributed by atoms with Gasteiger partial charge in [0.2, 0.25) is 0 Å². The van der Waals surface area contributed by atoms with E-state index in [1.54, 1.807) is 13.0 Å². The van der Waals surface area contributed by atoms with Gasteiger partial charge in [0.05, 0.1) is 0 Å². The number of carbonyl (C=O) groups is 1. The predicted octanol–water partition coefficient (Wildman–Crippen LogP) is 2.87. The van der Waals surface area contributed by atoms with Crippen LogP contribution < -0.4 is 0 Å². The molecule has 0 atom stereocenters. The molecule has 0 saturated carbocycles. The first-order valence-electron chi connectivity index (χ1n) is 4.50. The molecule has 0 aromatic heterocycles. The maximum Gasteiger partial charge on any atom is 0.309 e. The zero-order valence-corrected chi connectivity index (χ0v) is 8.55. The van der Waals surface area contributed by atoms with Gasteiger partial charge in [0.25, 0.3) is 5.92 Å². The van der Waals surface area contributed by atoms with Gasteiger partial charge in [-0.15, -0.1) is 0 Å². The molecule has 1 aromatic carbocycles. The van der Waals surface area contributed by atoms with Crippen LogP contribution in [0.4, 0.5) is 8.78 Å². The predicted molar refractivity (Wildman–Crippen MR) is 52.1 cm³/mol. The summed E-state index contributed by atoms with van der Waals surface area (Å²) in [7, 11) is 0. The topological polar surface area (TPSA) is 37.3 Å². The normalized spacial score (nSPS) is 11.5. The lowest BCUT2D eigenvalue weighted by molar-refractivity contribution is -0.145. The lowest BCUT2D eigenvalue weighted by atomic mass is 10.0. The molecule has 0 bridgehead atoms. The summed E-state index contributed by atoms with van der Waals surface area (Å²) in [6.07, 6.45) is -1.17. The molecule has 0 heterocycles. The van der Waals surface area contributed by atoms with Crippen LogP contribution in [0.3, 0.4) is 0 Å². The summed E-state index contributed by atoms with van der Waals surface area (Å²) in [6.45, 7) is 3.53. The molecular weight excluding hydrogens is 202 g/mol. The molecule has 4 heteroatoms. The number of alkyl halides is 2. The summed E-state index contributed by atoms with van der Waals surface area (Å²) in [5.41, 5.74) is 1.40. The zero-order valence-electron chi connectivity index (χ0n) is 8.55. The molecule has 0 aliphatic carbocycles. The van der Waals surface area contributed by atoms with Gasteiger partial charge >= 0.3 is 5.97 Å². The summed E-state index contributed by atoms with van der Waals surface area (Å²) >= 11 is 0. The van der Waals surface area contributed by atoms with Crippen LogP contribution in [0.15, 0.2) is 18.2 Å². The number of hydrogen-bond acceptors (Lipinski definition) is 1. The van der Waals surface area contributed by atoms with Gasteiger partial charge < -0.3 is 5.11 Å². The maximum atomic E-state index is 13.3. The van der Waals surface area contributed by atoms with E-state index < -0.39 is 18.3 Å². The average Bonchev–Trinajstić information content (AvgIpc) is 2.07. The molecule has 0 aliphatic heterocycles. The number of rotatable bonds is 3. The van der Waals surface area contributed by atoms with Crippen molar-refractivity contribution in [3.05, 3.63) is 34.9 Å². The van der Waals surface area contributed by atoms with Crippen molar-refractivity contribution in [2.45, 2.75) is 26.2 Å². The first-order chi connectivity index (χ1) is 6.83. The average molecular weight is 214 g/mol. The van der Waals surface area contributed by atoms with E-state index in [1.807, 2.05) is 6.92 Å². The maximum absolute atomic E-state index is 13.3. The number of carboxylic acid groups (broad SMARTS) is 1. The van der Waals surface area contributed by atoms with Crippen molar-refractivity contribution in [1.29, 1.82) is 0 Å². The monoisotopic (exact) mass is 214 g/mol. The van der Waals surface area contributed by atoms with Crippen LogP contribution in [0.25, 0.3) is 0 Å². The number of halogens is 2. The third-order valence-electron chi connectivity index (χ3n) is 2.30. The highest BCUT2D eigenvalue weighted by molar-refractivity contribution is 5.68. The van der Waals surface area contributed by atoms with Crippen molar-refractivity contribution < 1.29 is 18.7 Å². The van der Waals surface area contributed by atoms with E-state index in [1.165, 1.54) is 12.1 Å². The van der Waals surface area contributed by atoms with Gasteiger partial charge in [-0.2, -0.15) is 0 Å². The summed E-state index contributed by atoms with van der Waals surface area (Å²) in [6, 6.07) is 4.17. The summed E-state index contributed by atoms with van der Waals surface area (Å²) in [4.78, 5) is 10.3. The first kappa shape index (κ1) is 11.6. The molecule has 0 radical (unpaired) electrons.